The SMILES string of the molecule is COCc1cc(-c2cccc(F)c2)cnc1C(=O)O. The number of pyridine rings is 1. The van der Waals surface area contributed by atoms with Gasteiger partial charge in [0.15, 0.2) is 5.69 Å². The number of methoxy groups -OCH3 is 1. The van der Waals surface area contributed by atoms with Crippen molar-refractivity contribution in [1.82, 2.24) is 4.98 Å². The maximum absolute atomic E-state index is 13.2. The van der Waals surface area contributed by atoms with Gasteiger partial charge in [0.25, 0.3) is 0 Å². The number of benzene rings is 1. The molecule has 0 radical (unpaired) electrons. The molecular formula is C14H12FNO3. The highest BCUT2D eigenvalue weighted by molar-refractivity contribution is 5.87. The molecule has 0 spiro atoms. The van der Waals surface area contributed by atoms with Crippen LogP contribution in [0.4, 0.5) is 4.39 Å². The van der Waals surface area contributed by atoms with Crippen LogP contribution >= 0.6 is 0 Å². The van der Waals surface area contributed by atoms with E-state index in [1.54, 1.807) is 18.2 Å². The molecular weight excluding hydrogens is 249 g/mol. The molecule has 0 aliphatic heterocycles. The van der Waals surface area contributed by atoms with Crippen LogP contribution in [0.25, 0.3) is 11.1 Å². The van der Waals surface area contributed by atoms with E-state index in [0.29, 0.717) is 16.7 Å². The van der Waals surface area contributed by atoms with E-state index in [9.17, 15) is 9.18 Å². The summed E-state index contributed by atoms with van der Waals surface area (Å²) in [6.07, 6.45) is 1.41. The second kappa shape index (κ2) is 5.58. The number of halogens is 1. The molecule has 0 aliphatic carbocycles. The van der Waals surface area contributed by atoms with Crippen LogP contribution in [0.15, 0.2) is 36.5 Å². The lowest BCUT2D eigenvalue weighted by molar-refractivity contribution is 0.0685. The average molecular weight is 261 g/mol. The van der Waals surface area contributed by atoms with E-state index >= 15 is 0 Å². The van der Waals surface area contributed by atoms with Gasteiger partial charge in [-0.25, -0.2) is 14.2 Å². The molecule has 0 saturated heterocycles. The van der Waals surface area contributed by atoms with Crippen LogP contribution in [-0.2, 0) is 11.3 Å². The molecule has 0 saturated carbocycles. The van der Waals surface area contributed by atoms with Gasteiger partial charge in [0.1, 0.15) is 5.82 Å². The van der Waals surface area contributed by atoms with Crippen LogP contribution in [0.2, 0.25) is 0 Å². The first-order valence-electron chi connectivity index (χ1n) is 5.59. The van der Waals surface area contributed by atoms with E-state index in [1.165, 1.54) is 25.4 Å². The lowest BCUT2D eigenvalue weighted by Crippen LogP contribution is -2.06. The predicted octanol–water partition coefficient (Wildman–Crippen LogP) is 2.73. The Bertz CT molecular complexity index is 613. The average Bonchev–Trinajstić information content (AvgIpc) is 2.39. The molecule has 0 unspecified atom stereocenters. The van der Waals surface area contributed by atoms with Gasteiger partial charge in [-0.05, 0) is 23.8 Å². The van der Waals surface area contributed by atoms with Crippen molar-refractivity contribution in [3.05, 3.63) is 53.6 Å². The van der Waals surface area contributed by atoms with E-state index in [-0.39, 0.29) is 18.1 Å². The van der Waals surface area contributed by atoms with Crippen molar-refractivity contribution in [2.45, 2.75) is 6.61 Å². The van der Waals surface area contributed by atoms with Gasteiger partial charge in [0.2, 0.25) is 0 Å². The monoisotopic (exact) mass is 261 g/mol. The third-order valence-corrected chi connectivity index (χ3v) is 2.63. The zero-order chi connectivity index (χ0) is 13.8. The molecule has 5 heteroatoms. The standard InChI is InChI=1S/C14H12FNO3/c1-19-8-11-5-10(7-16-13(11)14(17)18)9-3-2-4-12(15)6-9/h2-7H,8H2,1H3,(H,17,18). The maximum atomic E-state index is 13.2. The minimum atomic E-state index is -1.11. The van der Waals surface area contributed by atoms with Gasteiger partial charge >= 0.3 is 5.97 Å². The summed E-state index contributed by atoms with van der Waals surface area (Å²) in [7, 11) is 1.47. The number of aromatic nitrogens is 1. The van der Waals surface area contributed by atoms with E-state index in [0.717, 1.165) is 0 Å². The van der Waals surface area contributed by atoms with Crippen molar-refractivity contribution in [1.29, 1.82) is 0 Å². The molecule has 1 N–H and O–H groups in total. The minimum Gasteiger partial charge on any atom is -0.477 e. The van der Waals surface area contributed by atoms with Crippen LogP contribution in [0.1, 0.15) is 16.1 Å². The molecule has 1 aromatic carbocycles. The lowest BCUT2D eigenvalue weighted by atomic mass is 10.0. The first-order valence-corrected chi connectivity index (χ1v) is 5.59. The molecule has 4 nitrogen and oxygen atoms in total. The zero-order valence-corrected chi connectivity index (χ0v) is 10.3. The van der Waals surface area contributed by atoms with Crippen molar-refractivity contribution < 1.29 is 19.0 Å². The summed E-state index contributed by atoms with van der Waals surface area (Å²) >= 11 is 0. The van der Waals surface area contributed by atoms with Crippen molar-refractivity contribution in [2.75, 3.05) is 7.11 Å². The summed E-state index contributed by atoms with van der Waals surface area (Å²) in [6.45, 7) is 0.137. The van der Waals surface area contributed by atoms with Gasteiger partial charge < -0.3 is 9.84 Å². The summed E-state index contributed by atoms with van der Waals surface area (Å²) < 4.78 is 18.1. The number of carbonyl (C=O) groups is 1. The van der Waals surface area contributed by atoms with E-state index in [1.807, 2.05) is 0 Å². The number of aromatic carboxylic acids is 1. The third kappa shape index (κ3) is 2.95. The fourth-order valence-electron chi connectivity index (χ4n) is 1.79. The highest BCUT2D eigenvalue weighted by Gasteiger charge is 2.13. The van der Waals surface area contributed by atoms with Crippen LogP contribution in [0.3, 0.4) is 0 Å². The smallest absolute Gasteiger partial charge is 0.354 e. The summed E-state index contributed by atoms with van der Waals surface area (Å²) in [6, 6.07) is 7.68. The van der Waals surface area contributed by atoms with E-state index < -0.39 is 5.97 Å². The van der Waals surface area contributed by atoms with Crippen LogP contribution in [0, 0.1) is 5.82 Å². The highest BCUT2D eigenvalue weighted by Crippen LogP contribution is 2.22. The Kier molecular flexibility index (Phi) is 3.87. The molecule has 98 valence electrons. The molecule has 1 heterocycles. The third-order valence-electron chi connectivity index (χ3n) is 2.63. The van der Waals surface area contributed by atoms with Gasteiger partial charge in [0.05, 0.1) is 6.61 Å². The fraction of sp³-hybridized carbons (Fsp3) is 0.143. The maximum Gasteiger partial charge on any atom is 0.354 e. The Morgan fingerprint density at radius 1 is 1.37 bits per heavy atom. The Morgan fingerprint density at radius 2 is 2.16 bits per heavy atom. The number of hydrogen-bond donors (Lipinski definition) is 1. The molecule has 2 aromatic rings. The molecule has 0 bridgehead atoms. The van der Waals surface area contributed by atoms with Gasteiger partial charge in [-0.3, -0.25) is 0 Å². The van der Waals surface area contributed by atoms with Gasteiger partial charge in [-0.1, -0.05) is 12.1 Å². The number of carboxylic acid groups (broad SMARTS) is 1. The summed E-state index contributed by atoms with van der Waals surface area (Å²) in [5.41, 5.74) is 1.69. The first kappa shape index (κ1) is 13.2. The summed E-state index contributed by atoms with van der Waals surface area (Å²) in [5.74, 6) is -1.47. The van der Waals surface area contributed by atoms with Crippen molar-refractivity contribution >= 4 is 5.97 Å². The summed E-state index contributed by atoms with van der Waals surface area (Å²) in [4.78, 5) is 14.9. The molecule has 1 aromatic heterocycles. The molecule has 0 atom stereocenters. The van der Waals surface area contributed by atoms with Gasteiger partial charge in [-0.2, -0.15) is 0 Å². The highest BCUT2D eigenvalue weighted by atomic mass is 19.1. The quantitative estimate of drug-likeness (QED) is 0.919. The second-order valence-electron chi connectivity index (χ2n) is 3.98. The number of hydrogen-bond acceptors (Lipinski definition) is 3. The fourth-order valence-corrected chi connectivity index (χ4v) is 1.79. The van der Waals surface area contributed by atoms with Gasteiger partial charge in [-0.15, -0.1) is 0 Å². The second-order valence-corrected chi connectivity index (χ2v) is 3.98. The van der Waals surface area contributed by atoms with E-state index in [4.69, 9.17) is 9.84 Å². The zero-order valence-electron chi connectivity index (χ0n) is 10.3. The Hall–Kier alpha value is -2.27. The van der Waals surface area contributed by atoms with Gasteiger partial charge in [0, 0.05) is 24.4 Å². The number of carboxylic acids is 1. The topological polar surface area (TPSA) is 59.4 Å². The molecule has 0 fully saturated rings. The van der Waals surface area contributed by atoms with Crippen molar-refractivity contribution in [3.8, 4) is 11.1 Å². The van der Waals surface area contributed by atoms with Crippen LogP contribution < -0.4 is 0 Å². The minimum absolute atomic E-state index is 0.0537. The Labute approximate surface area is 109 Å². The molecule has 19 heavy (non-hydrogen) atoms. The normalized spacial score (nSPS) is 10.4. The molecule has 0 amide bonds. The van der Waals surface area contributed by atoms with E-state index in [2.05, 4.69) is 4.98 Å². The largest absolute Gasteiger partial charge is 0.477 e. The Morgan fingerprint density at radius 3 is 2.79 bits per heavy atom. The van der Waals surface area contributed by atoms with Crippen molar-refractivity contribution in [2.24, 2.45) is 0 Å². The molecule has 2 rings (SSSR count). The molecule has 0 aliphatic rings. The lowest BCUT2D eigenvalue weighted by Gasteiger charge is -2.08. The van der Waals surface area contributed by atoms with Crippen LogP contribution in [0.5, 0.6) is 0 Å². The number of ether oxygens (including phenoxy) is 1. The summed E-state index contributed by atoms with van der Waals surface area (Å²) in [5, 5.41) is 9.02. The predicted molar refractivity (Wildman–Crippen MR) is 67.3 cm³/mol. The van der Waals surface area contributed by atoms with Crippen LogP contribution in [-0.4, -0.2) is 23.2 Å². The first-order chi connectivity index (χ1) is 9.11. The number of rotatable bonds is 4. The van der Waals surface area contributed by atoms with Crippen molar-refractivity contribution in [3.63, 3.8) is 0 Å². The number of nitrogens with zero attached hydrogens (tertiary/aromatic N) is 1. The Balaban J connectivity index is 2.48.